The molecule has 130 valence electrons. The molecule has 0 spiro atoms. The van der Waals surface area contributed by atoms with Gasteiger partial charge in [-0.15, -0.1) is 0 Å². The van der Waals surface area contributed by atoms with E-state index in [2.05, 4.69) is 5.32 Å². The zero-order valence-electron chi connectivity index (χ0n) is 14.7. The number of benzene rings is 1. The van der Waals surface area contributed by atoms with Gasteiger partial charge in [-0.3, -0.25) is 4.79 Å². The molecule has 2 saturated heterocycles. The number of nitrogens with one attached hydrogen (secondary N) is 1. The molecule has 24 heavy (non-hydrogen) atoms. The first-order valence-corrected chi connectivity index (χ1v) is 8.98. The van der Waals surface area contributed by atoms with Crippen LogP contribution < -0.4 is 5.32 Å². The molecule has 1 N–H and O–H groups in total. The molecule has 0 aliphatic carbocycles. The van der Waals surface area contributed by atoms with E-state index in [1.165, 1.54) is 5.56 Å². The fourth-order valence-corrected chi connectivity index (χ4v) is 3.68. The molecule has 1 aromatic rings. The van der Waals surface area contributed by atoms with Crippen molar-refractivity contribution in [1.29, 1.82) is 0 Å². The van der Waals surface area contributed by atoms with E-state index in [-0.39, 0.29) is 18.0 Å². The van der Waals surface area contributed by atoms with Crippen molar-refractivity contribution in [3.63, 3.8) is 0 Å². The van der Waals surface area contributed by atoms with Crippen molar-refractivity contribution in [3.05, 3.63) is 29.3 Å². The minimum Gasteiger partial charge on any atom is -0.341 e. The Balaban J connectivity index is 1.69. The van der Waals surface area contributed by atoms with Crippen molar-refractivity contribution in [1.82, 2.24) is 9.80 Å². The molecule has 2 heterocycles. The summed E-state index contributed by atoms with van der Waals surface area (Å²) < 4.78 is 0. The first kappa shape index (κ1) is 16.8. The number of rotatable bonds is 3. The van der Waals surface area contributed by atoms with Crippen LogP contribution in [0.5, 0.6) is 0 Å². The number of carbonyl (C=O) groups is 2. The molecule has 1 atom stereocenters. The molecule has 5 nitrogen and oxygen atoms in total. The van der Waals surface area contributed by atoms with Gasteiger partial charge < -0.3 is 15.1 Å². The van der Waals surface area contributed by atoms with E-state index in [0.717, 1.165) is 50.0 Å². The van der Waals surface area contributed by atoms with Gasteiger partial charge in [-0.25, -0.2) is 4.79 Å². The number of carbonyl (C=O) groups excluding carboxylic acids is 2. The van der Waals surface area contributed by atoms with Gasteiger partial charge in [-0.05, 0) is 56.7 Å². The Morgan fingerprint density at radius 2 is 2.04 bits per heavy atom. The lowest BCUT2D eigenvalue weighted by Crippen LogP contribution is -2.51. The van der Waals surface area contributed by atoms with Crippen molar-refractivity contribution in [2.45, 2.75) is 52.0 Å². The number of hydrogen-bond acceptors (Lipinski definition) is 2. The topological polar surface area (TPSA) is 52.7 Å². The fourth-order valence-electron chi connectivity index (χ4n) is 3.68. The molecule has 2 fully saturated rings. The van der Waals surface area contributed by atoms with Gasteiger partial charge in [0.25, 0.3) is 0 Å². The van der Waals surface area contributed by atoms with Gasteiger partial charge in [-0.1, -0.05) is 12.1 Å². The van der Waals surface area contributed by atoms with Gasteiger partial charge in [-0.2, -0.15) is 0 Å². The lowest BCUT2D eigenvalue weighted by Gasteiger charge is -2.37. The van der Waals surface area contributed by atoms with E-state index in [0.29, 0.717) is 13.0 Å². The monoisotopic (exact) mass is 329 g/mol. The quantitative estimate of drug-likeness (QED) is 0.925. The lowest BCUT2D eigenvalue weighted by molar-refractivity contribution is -0.128. The Hall–Kier alpha value is -2.04. The van der Waals surface area contributed by atoms with E-state index in [4.69, 9.17) is 0 Å². The number of amides is 3. The SMILES string of the molecule is Cc1cccc(NC(=O)N2CCCC[C@H]2CN2CCCC2=O)c1C. The maximum atomic E-state index is 12.8. The standard InChI is InChI=1S/C19H27N3O2/c1-14-7-5-9-17(15(14)2)20-19(24)22-12-4-3-8-16(22)13-21-11-6-10-18(21)23/h5,7,9,16H,3-4,6,8,10-13H2,1-2H3,(H,20,24)/t16-/m0/s1. The van der Waals surface area contributed by atoms with Gasteiger partial charge >= 0.3 is 6.03 Å². The second kappa shape index (κ2) is 7.24. The van der Waals surface area contributed by atoms with Crippen LogP contribution >= 0.6 is 0 Å². The Morgan fingerprint density at radius 1 is 1.21 bits per heavy atom. The van der Waals surface area contributed by atoms with Crippen molar-refractivity contribution < 1.29 is 9.59 Å². The third-order valence-corrected chi connectivity index (χ3v) is 5.34. The smallest absolute Gasteiger partial charge is 0.322 e. The number of aryl methyl sites for hydroxylation is 1. The Labute approximate surface area is 144 Å². The summed E-state index contributed by atoms with van der Waals surface area (Å²) in [5.74, 6) is 0.232. The molecule has 0 unspecified atom stereocenters. The summed E-state index contributed by atoms with van der Waals surface area (Å²) in [7, 11) is 0. The summed E-state index contributed by atoms with van der Waals surface area (Å²) in [5, 5.41) is 3.07. The highest BCUT2D eigenvalue weighted by Gasteiger charge is 2.31. The number of piperidine rings is 1. The molecule has 3 rings (SSSR count). The van der Waals surface area contributed by atoms with Crippen LogP contribution in [-0.2, 0) is 4.79 Å². The fraction of sp³-hybridized carbons (Fsp3) is 0.579. The molecule has 3 amide bonds. The third kappa shape index (κ3) is 3.55. The normalized spacial score (nSPS) is 21.2. The number of likely N-dealkylation sites (tertiary alicyclic amines) is 2. The van der Waals surface area contributed by atoms with Gasteiger partial charge in [0.05, 0.1) is 6.04 Å². The van der Waals surface area contributed by atoms with Crippen LogP contribution in [0.2, 0.25) is 0 Å². The van der Waals surface area contributed by atoms with E-state index in [1.807, 2.05) is 41.8 Å². The van der Waals surface area contributed by atoms with E-state index < -0.39 is 0 Å². The number of hydrogen-bond donors (Lipinski definition) is 1. The highest BCUT2D eigenvalue weighted by molar-refractivity contribution is 5.90. The second-order valence-corrected chi connectivity index (χ2v) is 6.96. The predicted molar refractivity (Wildman–Crippen MR) is 95.1 cm³/mol. The van der Waals surface area contributed by atoms with Crippen molar-refractivity contribution in [2.24, 2.45) is 0 Å². The summed E-state index contributed by atoms with van der Waals surface area (Å²) >= 11 is 0. The zero-order chi connectivity index (χ0) is 17.1. The number of anilines is 1. The van der Waals surface area contributed by atoms with E-state index in [9.17, 15) is 9.59 Å². The molecular formula is C19H27N3O2. The van der Waals surface area contributed by atoms with Crippen LogP contribution in [0.4, 0.5) is 10.5 Å². The van der Waals surface area contributed by atoms with Gasteiger partial charge in [0.15, 0.2) is 0 Å². The van der Waals surface area contributed by atoms with Crippen molar-refractivity contribution in [3.8, 4) is 0 Å². The second-order valence-electron chi connectivity index (χ2n) is 6.96. The summed E-state index contributed by atoms with van der Waals surface area (Å²) in [4.78, 5) is 28.6. The average Bonchev–Trinajstić information content (AvgIpc) is 2.97. The van der Waals surface area contributed by atoms with E-state index in [1.54, 1.807) is 0 Å². The summed E-state index contributed by atoms with van der Waals surface area (Å²) in [5.41, 5.74) is 3.15. The molecule has 0 aromatic heterocycles. The molecule has 0 saturated carbocycles. The minimum absolute atomic E-state index is 0.0416. The van der Waals surface area contributed by atoms with E-state index >= 15 is 0 Å². The highest BCUT2D eigenvalue weighted by Crippen LogP contribution is 2.23. The number of urea groups is 1. The van der Waals surface area contributed by atoms with Crippen molar-refractivity contribution >= 4 is 17.6 Å². The Morgan fingerprint density at radius 3 is 2.79 bits per heavy atom. The summed E-state index contributed by atoms with van der Waals surface area (Å²) in [6.07, 6.45) is 4.73. The Kier molecular flexibility index (Phi) is 5.07. The van der Waals surface area contributed by atoms with Gasteiger partial charge in [0.1, 0.15) is 0 Å². The van der Waals surface area contributed by atoms with Crippen molar-refractivity contribution in [2.75, 3.05) is 25.0 Å². The molecule has 0 bridgehead atoms. The predicted octanol–water partition coefficient (Wildman–Crippen LogP) is 3.31. The molecule has 1 aromatic carbocycles. The summed E-state index contributed by atoms with van der Waals surface area (Å²) in [6, 6.07) is 6.05. The van der Waals surface area contributed by atoms with Gasteiger partial charge in [0.2, 0.25) is 5.91 Å². The molecule has 5 heteroatoms. The minimum atomic E-state index is -0.0416. The largest absolute Gasteiger partial charge is 0.341 e. The number of nitrogens with zero attached hydrogens (tertiary/aromatic N) is 2. The lowest BCUT2D eigenvalue weighted by atomic mass is 10.0. The molecule has 0 radical (unpaired) electrons. The first-order valence-electron chi connectivity index (χ1n) is 8.98. The Bertz CT molecular complexity index is 629. The maximum absolute atomic E-state index is 12.8. The van der Waals surface area contributed by atoms with Gasteiger partial charge in [0, 0.05) is 31.7 Å². The average molecular weight is 329 g/mol. The highest BCUT2D eigenvalue weighted by atomic mass is 16.2. The third-order valence-electron chi connectivity index (χ3n) is 5.34. The molecular weight excluding hydrogens is 302 g/mol. The van der Waals surface area contributed by atoms with Crippen LogP contribution in [0.1, 0.15) is 43.2 Å². The van der Waals surface area contributed by atoms with Crippen LogP contribution in [0.15, 0.2) is 18.2 Å². The molecule has 2 aliphatic heterocycles. The van der Waals surface area contributed by atoms with Crippen LogP contribution in [0.25, 0.3) is 0 Å². The van der Waals surface area contributed by atoms with Crippen LogP contribution in [0, 0.1) is 13.8 Å². The van der Waals surface area contributed by atoms with Crippen LogP contribution in [-0.4, -0.2) is 47.4 Å². The first-order chi connectivity index (χ1) is 11.6. The maximum Gasteiger partial charge on any atom is 0.322 e. The summed E-state index contributed by atoms with van der Waals surface area (Å²) in [6.45, 7) is 6.36. The zero-order valence-corrected chi connectivity index (χ0v) is 14.7. The van der Waals surface area contributed by atoms with Crippen LogP contribution in [0.3, 0.4) is 0 Å². The molecule has 2 aliphatic rings.